The first kappa shape index (κ1) is 14.4. The van der Waals surface area contributed by atoms with E-state index >= 15 is 0 Å². The Labute approximate surface area is 124 Å². The molecule has 0 fully saturated rings. The molecule has 3 rings (SSSR count). The van der Waals surface area contributed by atoms with Gasteiger partial charge in [0.15, 0.2) is 0 Å². The van der Waals surface area contributed by atoms with Crippen molar-refractivity contribution in [1.82, 2.24) is 9.55 Å². The highest BCUT2D eigenvalue weighted by atomic mass is 19.4. The zero-order valence-corrected chi connectivity index (χ0v) is 11.7. The first-order valence-corrected chi connectivity index (χ1v) is 6.70. The first-order chi connectivity index (χ1) is 10.3. The van der Waals surface area contributed by atoms with Gasteiger partial charge in [0.1, 0.15) is 0 Å². The Bertz CT molecular complexity index is 890. The Kier molecular flexibility index (Phi) is 3.31. The molecule has 1 N–H and O–H groups in total. The van der Waals surface area contributed by atoms with E-state index in [0.29, 0.717) is 16.6 Å². The third-order valence-corrected chi connectivity index (χ3v) is 3.52. The standard InChI is InChI=1S/C16H13F3N2O/c1-10-5-6-14-13(7-10)20-15(22)21(14)9-11-3-2-4-12(8-11)16(17,18)19/h2-8H,9H2,1H3,(H,20,22). The van der Waals surface area contributed by atoms with Gasteiger partial charge in [-0.2, -0.15) is 13.2 Å². The smallest absolute Gasteiger partial charge is 0.306 e. The van der Waals surface area contributed by atoms with E-state index in [1.807, 2.05) is 19.1 Å². The molecule has 0 spiro atoms. The summed E-state index contributed by atoms with van der Waals surface area (Å²) in [6.45, 7) is 1.99. The second-order valence-electron chi connectivity index (χ2n) is 5.24. The molecule has 0 amide bonds. The van der Waals surface area contributed by atoms with Crippen molar-refractivity contribution >= 4 is 11.0 Å². The molecule has 114 valence electrons. The molecule has 0 aliphatic rings. The van der Waals surface area contributed by atoms with Crippen molar-refractivity contribution < 1.29 is 13.2 Å². The summed E-state index contributed by atoms with van der Waals surface area (Å²) in [6, 6.07) is 10.5. The summed E-state index contributed by atoms with van der Waals surface area (Å²) in [5, 5.41) is 0. The second-order valence-corrected chi connectivity index (χ2v) is 5.24. The molecule has 0 saturated heterocycles. The number of fused-ring (bicyclic) bond motifs is 1. The first-order valence-electron chi connectivity index (χ1n) is 6.70. The summed E-state index contributed by atoms with van der Waals surface area (Å²) in [4.78, 5) is 14.7. The molecule has 0 saturated carbocycles. The second kappa shape index (κ2) is 5.05. The molecular weight excluding hydrogens is 293 g/mol. The molecule has 6 heteroatoms. The van der Waals surface area contributed by atoms with Crippen molar-refractivity contribution in [2.75, 3.05) is 0 Å². The number of nitrogens with one attached hydrogen (secondary N) is 1. The highest BCUT2D eigenvalue weighted by Gasteiger charge is 2.30. The summed E-state index contributed by atoms with van der Waals surface area (Å²) in [5.41, 5.74) is 1.73. The van der Waals surface area contributed by atoms with Crippen LogP contribution in [-0.2, 0) is 12.7 Å². The van der Waals surface area contributed by atoms with Crippen LogP contribution in [0.25, 0.3) is 11.0 Å². The van der Waals surface area contributed by atoms with Gasteiger partial charge < -0.3 is 4.98 Å². The number of rotatable bonds is 2. The Balaban J connectivity index is 2.04. The van der Waals surface area contributed by atoms with E-state index in [4.69, 9.17) is 0 Å². The zero-order valence-electron chi connectivity index (χ0n) is 11.7. The Morgan fingerprint density at radius 1 is 1.14 bits per heavy atom. The largest absolute Gasteiger partial charge is 0.416 e. The van der Waals surface area contributed by atoms with Gasteiger partial charge in [0, 0.05) is 0 Å². The van der Waals surface area contributed by atoms with Gasteiger partial charge in [-0.1, -0.05) is 18.2 Å². The molecule has 0 unspecified atom stereocenters. The minimum atomic E-state index is -4.39. The third kappa shape index (κ3) is 2.64. The number of alkyl halides is 3. The molecule has 1 heterocycles. The maximum Gasteiger partial charge on any atom is 0.416 e. The SMILES string of the molecule is Cc1ccc2c(c1)[nH]c(=O)n2Cc1cccc(C(F)(F)F)c1. The van der Waals surface area contributed by atoms with Gasteiger partial charge >= 0.3 is 11.9 Å². The summed E-state index contributed by atoms with van der Waals surface area (Å²) >= 11 is 0. The fourth-order valence-electron chi connectivity index (χ4n) is 2.46. The predicted molar refractivity (Wildman–Crippen MR) is 77.8 cm³/mol. The van der Waals surface area contributed by atoms with Crippen LogP contribution >= 0.6 is 0 Å². The van der Waals surface area contributed by atoms with Crippen LogP contribution in [0.2, 0.25) is 0 Å². The lowest BCUT2D eigenvalue weighted by Crippen LogP contribution is -2.17. The van der Waals surface area contributed by atoms with Crippen LogP contribution in [0.15, 0.2) is 47.3 Å². The third-order valence-electron chi connectivity index (χ3n) is 3.52. The summed E-state index contributed by atoms with van der Waals surface area (Å²) in [7, 11) is 0. The number of benzene rings is 2. The van der Waals surface area contributed by atoms with Gasteiger partial charge in [-0.05, 0) is 42.3 Å². The summed E-state index contributed by atoms with van der Waals surface area (Å²) in [6.07, 6.45) is -4.39. The van der Waals surface area contributed by atoms with Gasteiger partial charge in [-0.15, -0.1) is 0 Å². The van der Waals surface area contributed by atoms with Crippen molar-refractivity contribution in [1.29, 1.82) is 0 Å². The molecule has 22 heavy (non-hydrogen) atoms. The van der Waals surface area contributed by atoms with Gasteiger partial charge in [0.2, 0.25) is 0 Å². The molecular formula is C16H13F3N2O. The highest BCUT2D eigenvalue weighted by Crippen LogP contribution is 2.29. The summed E-state index contributed by atoms with van der Waals surface area (Å²) < 4.78 is 39.7. The lowest BCUT2D eigenvalue weighted by molar-refractivity contribution is -0.137. The van der Waals surface area contributed by atoms with Crippen LogP contribution in [0, 0.1) is 6.92 Å². The predicted octanol–water partition coefficient (Wildman–Crippen LogP) is 3.71. The van der Waals surface area contributed by atoms with E-state index in [1.165, 1.54) is 10.6 Å². The number of hydrogen-bond donors (Lipinski definition) is 1. The molecule has 2 aromatic carbocycles. The van der Waals surface area contributed by atoms with E-state index in [1.54, 1.807) is 12.1 Å². The monoisotopic (exact) mass is 306 g/mol. The van der Waals surface area contributed by atoms with Gasteiger partial charge in [-0.25, -0.2) is 4.79 Å². The Morgan fingerprint density at radius 3 is 2.64 bits per heavy atom. The summed E-state index contributed by atoms with van der Waals surface area (Å²) in [5.74, 6) is 0. The topological polar surface area (TPSA) is 37.8 Å². The van der Waals surface area contributed by atoms with E-state index in [9.17, 15) is 18.0 Å². The Hall–Kier alpha value is -2.50. The molecule has 3 nitrogen and oxygen atoms in total. The number of imidazole rings is 1. The van der Waals surface area contributed by atoms with Gasteiger partial charge in [0.25, 0.3) is 0 Å². The lowest BCUT2D eigenvalue weighted by atomic mass is 10.1. The lowest BCUT2D eigenvalue weighted by Gasteiger charge is -2.09. The molecule has 1 aromatic heterocycles. The molecule has 0 bridgehead atoms. The number of aryl methyl sites for hydroxylation is 1. The van der Waals surface area contributed by atoms with Crippen LogP contribution in [0.5, 0.6) is 0 Å². The fourth-order valence-corrected chi connectivity index (χ4v) is 2.46. The minimum Gasteiger partial charge on any atom is -0.306 e. The number of hydrogen-bond acceptors (Lipinski definition) is 1. The number of H-pyrrole nitrogens is 1. The zero-order chi connectivity index (χ0) is 15.9. The molecule has 0 aliphatic heterocycles. The number of aromatic amines is 1. The molecule has 0 radical (unpaired) electrons. The Morgan fingerprint density at radius 2 is 1.91 bits per heavy atom. The van der Waals surface area contributed by atoms with Crippen LogP contribution in [0.1, 0.15) is 16.7 Å². The van der Waals surface area contributed by atoms with Crippen molar-refractivity contribution in [3.63, 3.8) is 0 Å². The highest BCUT2D eigenvalue weighted by molar-refractivity contribution is 5.76. The fraction of sp³-hybridized carbons (Fsp3) is 0.188. The maximum atomic E-state index is 12.7. The minimum absolute atomic E-state index is 0.0891. The van der Waals surface area contributed by atoms with Crippen LogP contribution < -0.4 is 5.69 Å². The van der Waals surface area contributed by atoms with Crippen LogP contribution in [0.4, 0.5) is 13.2 Å². The van der Waals surface area contributed by atoms with Gasteiger partial charge in [0.05, 0.1) is 23.1 Å². The van der Waals surface area contributed by atoms with Crippen LogP contribution in [0.3, 0.4) is 0 Å². The van der Waals surface area contributed by atoms with Crippen molar-refractivity contribution in [3.8, 4) is 0 Å². The number of nitrogens with zero attached hydrogens (tertiary/aromatic N) is 1. The van der Waals surface area contributed by atoms with E-state index in [-0.39, 0.29) is 12.2 Å². The van der Waals surface area contributed by atoms with E-state index in [2.05, 4.69) is 4.98 Å². The van der Waals surface area contributed by atoms with Crippen molar-refractivity contribution in [3.05, 3.63) is 69.6 Å². The van der Waals surface area contributed by atoms with Crippen LogP contribution in [-0.4, -0.2) is 9.55 Å². The van der Waals surface area contributed by atoms with Crippen molar-refractivity contribution in [2.24, 2.45) is 0 Å². The average molecular weight is 306 g/mol. The molecule has 0 aliphatic carbocycles. The van der Waals surface area contributed by atoms with E-state index < -0.39 is 11.7 Å². The number of aromatic nitrogens is 2. The number of halogens is 3. The maximum absolute atomic E-state index is 12.7. The van der Waals surface area contributed by atoms with Gasteiger partial charge in [-0.3, -0.25) is 4.57 Å². The molecule has 3 aromatic rings. The average Bonchev–Trinajstić information content (AvgIpc) is 2.74. The van der Waals surface area contributed by atoms with E-state index in [0.717, 1.165) is 17.7 Å². The van der Waals surface area contributed by atoms with Crippen molar-refractivity contribution in [2.45, 2.75) is 19.6 Å². The normalized spacial score (nSPS) is 12.0. The molecule has 0 atom stereocenters. The quantitative estimate of drug-likeness (QED) is 0.770.